The molecule has 0 spiro atoms. The molecule has 8 heteroatoms. The van der Waals surface area contributed by atoms with Gasteiger partial charge in [-0.05, 0) is 31.2 Å². The number of fused-ring (bicyclic) bond motifs is 1. The number of benzene rings is 2. The molecule has 28 heavy (non-hydrogen) atoms. The van der Waals surface area contributed by atoms with Gasteiger partial charge in [0, 0.05) is 17.7 Å². The number of hydrogen-bond acceptors (Lipinski definition) is 4. The van der Waals surface area contributed by atoms with Crippen LogP contribution in [-0.4, -0.2) is 16.8 Å². The molecule has 6 nitrogen and oxygen atoms in total. The number of hydrazine groups is 1. The third-order valence-electron chi connectivity index (χ3n) is 3.85. The number of halogens is 2. The molecule has 0 radical (unpaired) electrons. The molecule has 0 saturated carbocycles. The highest BCUT2D eigenvalue weighted by Gasteiger charge is 2.16. The van der Waals surface area contributed by atoms with Crippen LogP contribution in [0.3, 0.4) is 0 Å². The summed E-state index contributed by atoms with van der Waals surface area (Å²) in [5.41, 5.74) is 7.28. The third-order valence-corrected chi connectivity index (χ3v) is 4.48. The van der Waals surface area contributed by atoms with Gasteiger partial charge in [-0.25, -0.2) is 0 Å². The first kappa shape index (κ1) is 19.7. The van der Waals surface area contributed by atoms with Gasteiger partial charge in [0.1, 0.15) is 0 Å². The van der Waals surface area contributed by atoms with Crippen molar-refractivity contribution in [2.45, 2.75) is 6.92 Å². The monoisotopic (exact) mass is 414 g/mol. The fourth-order valence-corrected chi connectivity index (χ4v) is 3.18. The van der Waals surface area contributed by atoms with Crippen LogP contribution in [0, 0.1) is 0 Å². The summed E-state index contributed by atoms with van der Waals surface area (Å²) in [6, 6.07) is 11.9. The zero-order valence-electron chi connectivity index (χ0n) is 14.8. The van der Waals surface area contributed by atoms with Gasteiger partial charge in [0.15, 0.2) is 0 Å². The van der Waals surface area contributed by atoms with Gasteiger partial charge >= 0.3 is 0 Å². The number of carbonyl (C=O) groups excluding carboxylic acids is 2. The maximum atomic E-state index is 12.7. The van der Waals surface area contributed by atoms with E-state index in [9.17, 15) is 9.59 Å². The lowest BCUT2D eigenvalue weighted by Crippen LogP contribution is -2.27. The molecular weight excluding hydrogens is 399 g/mol. The lowest BCUT2D eigenvalue weighted by molar-refractivity contribution is -0.116. The molecule has 1 aromatic heterocycles. The average Bonchev–Trinajstić information content (AvgIpc) is 2.67. The lowest BCUT2D eigenvalue weighted by atomic mass is 10.1. The second kappa shape index (κ2) is 8.73. The van der Waals surface area contributed by atoms with Gasteiger partial charge in [0.2, 0.25) is 0 Å². The van der Waals surface area contributed by atoms with Crippen LogP contribution >= 0.6 is 23.2 Å². The van der Waals surface area contributed by atoms with Crippen LogP contribution < -0.4 is 16.2 Å². The van der Waals surface area contributed by atoms with Crippen molar-refractivity contribution in [3.63, 3.8) is 0 Å². The predicted molar refractivity (Wildman–Crippen MR) is 113 cm³/mol. The Labute approximate surface area is 171 Å². The molecule has 2 amide bonds. The van der Waals surface area contributed by atoms with Crippen molar-refractivity contribution in [1.82, 2.24) is 10.4 Å². The molecule has 0 atom stereocenters. The van der Waals surface area contributed by atoms with Crippen molar-refractivity contribution in [1.29, 1.82) is 0 Å². The van der Waals surface area contributed by atoms with Crippen molar-refractivity contribution in [3.05, 3.63) is 76.4 Å². The summed E-state index contributed by atoms with van der Waals surface area (Å²) in [6.07, 6.45) is 4.61. The topological polar surface area (TPSA) is 83.1 Å². The van der Waals surface area contributed by atoms with E-state index >= 15 is 0 Å². The molecule has 0 fully saturated rings. The van der Waals surface area contributed by atoms with Crippen LogP contribution in [0.2, 0.25) is 10.0 Å². The highest BCUT2D eigenvalue weighted by atomic mass is 35.5. The van der Waals surface area contributed by atoms with Gasteiger partial charge < -0.3 is 5.32 Å². The molecule has 0 unspecified atom stereocenters. The molecule has 3 rings (SSSR count). The molecule has 0 aliphatic carbocycles. The zero-order chi connectivity index (χ0) is 20.1. The van der Waals surface area contributed by atoms with Crippen molar-refractivity contribution < 1.29 is 9.59 Å². The predicted octanol–water partition coefficient (Wildman–Crippen LogP) is 4.81. The van der Waals surface area contributed by atoms with Gasteiger partial charge in [-0.15, -0.1) is 0 Å². The number of pyridine rings is 1. The molecule has 0 aliphatic heterocycles. The Morgan fingerprint density at radius 2 is 1.71 bits per heavy atom. The summed E-state index contributed by atoms with van der Waals surface area (Å²) in [5, 5.41) is 4.03. The Balaban J connectivity index is 1.92. The summed E-state index contributed by atoms with van der Waals surface area (Å²) in [5.74, 6) is -0.727. The van der Waals surface area contributed by atoms with E-state index in [1.165, 1.54) is 6.08 Å². The molecule has 0 aliphatic rings. The van der Waals surface area contributed by atoms with E-state index in [1.807, 2.05) is 6.07 Å². The normalized spacial score (nSPS) is 10.8. The van der Waals surface area contributed by atoms with Crippen LogP contribution in [0.15, 0.2) is 60.8 Å². The Morgan fingerprint density at radius 3 is 2.43 bits per heavy atom. The van der Waals surface area contributed by atoms with Crippen LogP contribution in [-0.2, 0) is 4.79 Å². The molecule has 0 bridgehead atoms. The second-order valence-electron chi connectivity index (χ2n) is 5.73. The highest BCUT2D eigenvalue weighted by Crippen LogP contribution is 2.29. The van der Waals surface area contributed by atoms with E-state index in [1.54, 1.807) is 55.6 Å². The minimum absolute atomic E-state index is 0.190. The largest absolute Gasteiger partial charge is 0.320 e. The number of allylic oxidation sites excluding steroid dienone is 1. The van der Waals surface area contributed by atoms with Crippen molar-refractivity contribution in [2.75, 3.05) is 10.7 Å². The van der Waals surface area contributed by atoms with E-state index in [4.69, 9.17) is 23.2 Å². The third kappa shape index (κ3) is 4.24. The summed E-state index contributed by atoms with van der Waals surface area (Å²) in [6.45, 7) is 1.75. The van der Waals surface area contributed by atoms with Crippen LogP contribution in [0.4, 0.5) is 11.4 Å². The van der Waals surface area contributed by atoms with E-state index in [0.717, 1.165) is 0 Å². The number of aromatic nitrogens is 1. The first-order valence-electron chi connectivity index (χ1n) is 8.33. The van der Waals surface area contributed by atoms with E-state index in [2.05, 4.69) is 21.2 Å². The molecule has 1 heterocycles. The number of anilines is 2. The van der Waals surface area contributed by atoms with Gasteiger partial charge in [-0.1, -0.05) is 47.5 Å². The quantitative estimate of drug-likeness (QED) is 0.413. The fourth-order valence-electron chi connectivity index (χ4n) is 2.61. The molecule has 142 valence electrons. The van der Waals surface area contributed by atoms with Crippen LogP contribution in [0.5, 0.6) is 0 Å². The summed E-state index contributed by atoms with van der Waals surface area (Å²) in [4.78, 5) is 28.7. The van der Waals surface area contributed by atoms with E-state index in [0.29, 0.717) is 22.3 Å². The SMILES string of the molecule is C/C=C/C(=O)NNc1ccnc2c(NC(=O)c3c(Cl)cccc3Cl)cccc12. The molecule has 0 saturated heterocycles. The lowest BCUT2D eigenvalue weighted by Gasteiger charge is -2.13. The fraction of sp³-hybridized carbons (Fsp3) is 0.0500. The highest BCUT2D eigenvalue weighted by molar-refractivity contribution is 6.40. The van der Waals surface area contributed by atoms with Crippen molar-refractivity contribution in [2.24, 2.45) is 0 Å². The summed E-state index contributed by atoms with van der Waals surface area (Å²) in [7, 11) is 0. The maximum Gasteiger partial charge on any atom is 0.261 e. The zero-order valence-corrected chi connectivity index (χ0v) is 16.3. The Bertz CT molecular complexity index is 1060. The number of rotatable bonds is 5. The van der Waals surface area contributed by atoms with E-state index in [-0.39, 0.29) is 21.5 Å². The van der Waals surface area contributed by atoms with Crippen molar-refractivity contribution >= 4 is 57.3 Å². The van der Waals surface area contributed by atoms with Gasteiger partial charge in [-0.3, -0.25) is 25.4 Å². The number of carbonyl (C=O) groups is 2. The summed E-state index contributed by atoms with van der Waals surface area (Å²) < 4.78 is 0. The standard InChI is InChI=1S/C20H16Cl2N4O2/c1-2-5-17(27)26-25-15-10-11-23-19-12(15)6-3-9-16(19)24-20(28)18-13(21)7-4-8-14(18)22/h2-11H,1H3,(H,23,25)(H,24,28)(H,26,27)/b5-2+. The maximum absolute atomic E-state index is 12.7. The number of amides is 2. The minimum atomic E-state index is -0.440. The van der Waals surface area contributed by atoms with Gasteiger partial charge in [0.25, 0.3) is 11.8 Å². The number of para-hydroxylation sites is 1. The smallest absolute Gasteiger partial charge is 0.261 e. The first-order valence-corrected chi connectivity index (χ1v) is 9.08. The minimum Gasteiger partial charge on any atom is -0.320 e. The Hall–Kier alpha value is -3.09. The van der Waals surface area contributed by atoms with Gasteiger partial charge in [-0.2, -0.15) is 0 Å². The molecular formula is C20H16Cl2N4O2. The summed E-state index contributed by atoms with van der Waals surface area (Å²) >= 11 is 12.2. The van der Waals surface area contributed by atoms with Gasteiger partial charge in [0.05, 0.1) is 32.5 Å². The second-order valence-corrected chi connectivity index (χ2v) is 6.54. The number of nitrogens with one attached hydrogen (secondary N) is 3. The molecule has 2 aromatic carbocycles. The van der Waals surface area contributed by atoms with E-state index < -0.39 is 5.91 Å². The average molecular weight is 415 g/mol. The Kier molecular flexibility index (Phi) is 6.13. The molecule has 3 aromatic rings. The number of hydrogen-bond donors (Lipinski definition) is 3. The van der Waals surface area contributed by atoms with Crippen LogP contribution in [0.1, 0.15) is 17.3 Å². The van der Waals surface area contributed by atoms with Crippen LogP contribution in [0.25, 0.3) is 10.9 Å². The number of nitrogens with zero attached hydrogens (tertiary/aromatic N) is 1. The molecule has 3 N–H and O–H groups in total. The first-order chi connectivity index (χ1) is 13.5. The Morgan fingerprint density at radius 1 is 1.00 bits per heavy atom. The van der Waals surface area contributed by atoms with Crippen molar-refractivity contribution in [3.8, 4) is 0 Å².